The number of hydrogen-bond donors (Lipinski definition) is 2. The number of hydrogen-bond acceptors (Lipinski definition) is 3. The molecule has 6 heteroatoms. The van der Waals surface area contributed by atoms with E-state index in [9.17, 15) is 13.2 Å². The zero-order valence-corrected chi connectivity index (χ0v) is 9.70. The van der Waals surface area contributed by atoms with Gasteiger partial charge in [0.15, 0.2) is 0 Å². The first-order chi connectivity index (χ1) is 9.05. The van der Waals surface area contributed by atoms with Crippen molar-refractivity contribution in [1.29, 1.82) is 0 Å². The lowest BCUT2D eigenvalue weighted by molar-refractivity contribution is -0.137. The lowest BCUT2D eigenvalue weighted by Crippen LogP contribution is -2.31. The summed E-state index contributed by atoms with van der Waals surface area (Å²) in [6, 6.07) is 12.9. The molecule has 0 spiro atoms. The van der Waals surface area contributed by atoms with Crippen molar-refractivity contribution in [2.45, 2.75) is 6.18 Å². The van der Waals surface area contributed by atoms with E-state index in [0.717, 1.165) is 17.8 Å². The fourth-order valence-electron chi connectivity index (χ4n) is 1.96. The molecule has 3 rings (SSSR count). The predicted molar refractivity (Wildman–Crippen MR) is 66.8 cm³/mol. The number of rotatable bonds is 1. The number of alkyl halides is 3. The van der Waals surface area contributed by atoms with Gasteiger partial charge in [0.2, 0.25) is 0 Å². The summed E-state index contributed by atoms with van der Waals surface area (Å²) in [6.45, 7) is 0. The zero-order valence-electron chi connectivity index (χ0n) is 9.70. The van der Waals surface area contributed by atoms with E-state index in [0.29, 0.717) is 11.4 Å². The van der Waals surface area contributed by atoms with Gasteiger partial charge in [0.05, 0.1) is 22.6 Å². The number of para-hydroxylation sites is 1. The van der Waals surface area contributed by atoms with Crippen LogP contribution in [0.25, 0.3) is 0 Å². The van der Waals surface area contributed by atoms with Gasteiger partial charge in [-0.05, 0) is 30.3 Å². The highest BCUT2D eigenvalue weighted by molar-refractivity contribution is 5.79. The number of halogens is 3. The Morgan fingerprint density at radius 2 is 1.68 bits per heavy atom. The van der Waals surface area contributed by atoms with Gasteiger partial charge in [0, 0.05) is 0 Å². The van der Waals surface area contributed by atoms with E-state index >= 15 is 0 Å². The minimum absolute atomic E-state index is 0.402. The first-order valence-corrected chi connectivity index (χ1v) is 5.64. The van der Waals surface area contributed by atoms with Crippen molar-refractivity contribution in [3.8, 4) is 0 Å². The Labute approximate surface area is 107 Å². The maximum atomic E-state index is 12.6. The highest BCUT2D eigenvalue weighted by atomic mass is 19.4. The Hall–Kier alpha value is -2.21. The fourth-order valence-corrected chi connectivity index (χ4v) is 1.96. The Bertz CT molecular complexity index is 596. The van der Waals surface area contributed by atoms with E-state index in [1.807, 2.05) is 30.3 Å². The summed E-state index contributed by atoms with van der Waals surface area (Å²) in [5.74, 6) is 0. The third-order valence-electron chi connectivity index (χ3n) is 2.88. The molecular formula is C13H10F3N3. The van der Waals surface area contributed by atoms with Crippen molar-refractivity contribution in [3.05, 3.63) is 54.1 Å². The lowest BCUT2D eigenvalue weighted by atomic mass is 10.1. The van der Waals surface area contributed by atoms with Gasteiger partial charge in [-0.2, -0.15) is 13.2 Å². The SMILES string of the molecule is FC(F)(F)c1ccc2c(c1)NNN2c1ccccc1. The average Bonchev–Trinajstić information content (AvgIpc) is 2.81. The van der Waals surface area contributed by atoms with Gasteiger partial charge in [-0.25, -0.2) is 0 Å². The molecule has 1 aliphatic rings. The van der Waals surface area contributed by atoms with Crippen molar-refractivity contribution < 1.29 is 13.2 Å². The Morgan fingerprint density at radius 3 is 2.37 bits per heavy atom. The third-order valence-corrected chi connectivity index (χ3v) is 2.88. The molecule has 19 heavy (non-hydrogen) atoms. The number of benzene rings is 2. The molecule has 0 unspecified atom stereocenters. The third kappa shape index (κ3) is 2.10. The number of hydrazine groups is 2. The molecule has 0 aliphatic carbocycles. The van der Waals surface area contributed by atoms with Gasteiger partial charge in [0.25, 0.3) is 0 Å². The van der Waals surface area contributed by atoms with E-state index in [1.54, 1.807) is 5.01 Å². The van der Waals surface area contributed by atoms with E-state index in [-0.39, 0.29) is 0 Å². The molecule has 2 aromatic rings. The molecule has 0 aromatic heterocycles. The molecule has 0 saturated heterocycles. The molecule has 0 saturated carbocycles. The highest BCUT2D eigenvalue weighted by Crippen LogP contribution is 2.39. The average molecular weight is 265 g/mol. The van der Waals surface area contributed by atoms with Crippen LogP contribution in [-0.4, -0.2) is 0 Å². The first kappa shape index (κ1) is 11.9. The van der Waals surface area contributed by atoms with Gasteiger partial charge in [-0.3, -0.25) is 5.01 Å². The topological polar surface area (TPSA) is 27.3 Å². The van der Waals surface area contributed by atoms with E-state index in [1.165, 1.54) is 6.07 Å². The smallest absolute Gasteiger partial charge is 0.301 e. The van der Waals surface area contributed by atoms with Gasteiger partial charge in [0.1, 0.15) is 0 Å². The quantitative estimate of drug-likeness (QED) is 0.823. The normalized spacial score (nSPS) is 14.2. The maximum Gasteiger partial charge on any atom is 0.416 e. The van der Waals surface area contributed by atoms with E-state index < -0.39 is 11.7 Å². The molecule has 2 N–H and O–H groups in total. The second-order valence-corrected chi connectivity index (χ2v) is 4.14. The summed E-state index contributed by atoms with van der Waals surface area (Å²) >= 11 is 0. The fraction of sp³-hybridized carbons (Fsp3) is 0.0769. The summed E-state index contributed by atoms with van der Waals surface area (Å²) in [5.41, 5.74) is 6.79. The molecule has 98 valence electrons. The summed E-state index contributed by atoms with van der Waals surface area (Å²) < 4.78 is 37.8. The monoisotopic (exact) mass is 265 g/mol. The van der Waals surface area contributed by atoms with Crippen molar-refractivity contribution in [2.24, 2.45) is 0 Å². The maximum absolute atomic E-state index is 12.6. The summed E-state index contributed by atoms with van der Waals surface area (Å²) in [4.78, 5) is 0. The van der Waals surface area contributed by atoms with Crippen molar-refractivity contribution >= 4 is 17.1 Å². The molecule has 0 amide bonds. The Balaban J connectivity index is 1.99. The van der Waals surface area contributed by atoms with E-state index in [4.69, 9.17) is 0 Å². The van der Waals surface area contributed by atoms with Crippen molar-refractivity contribution in [1.82, 2.24) is 5.53 Å². The number of anilines is 3. The van der Waals surface area contributed by atoms with Crippen LogP contribution < -0.4 is 16.0 Å². The number of fused-ring (bicyclic) bond motifs is 1. The summed E-state index contributed by atoms with van der Waals surface area (Å²) in [5, 5.41) is 1.69. The van der Waals surface area contributed by atoms with Crippen LogP contribution in [0.5, 0.6) is 0 Å². The summed E-state index contributed by atoms with van der Waals surface area (Å²) in [6.07, 6.45) is -4.34. The lowest BCUT2D eigenvalue weighted by Gasteiger charge is -2.17. The Kier molecular flexibility index (Phi) is 2.60. The molecule has 0 fully saturated rings. The molecule has 2 aromatic carbocycles. The molecular weight excluding hydrogens is 255 g/mol. The molecule has 0 radical (unpaired) electrons. The van der Waals surface area contributed by atoms with E-state index in [2.05, 4.69) is 11.0 Å². The highest BCUT2D eigenvalue weighted by Gasteiger charge is 2.32. The van der Waals surface area contributed by atoms with Crippen LogP contribution in [0.15, 0.2) is 48.5 Å². The van der Waals surface area contributed by atoms with Crippen LogP contribution >= 0.6 is 0 Å². The Morgan fingerprint density at radius 1 is 0.947 bits per heavy atom. The van der Waals surface area contributed by atoms with Gasteiger partial charge in [-0.1, -0.05) is 18.2 Å². The van der Waals surface area contributed by atoms with Crippen LogP contribution in [-0.2, 0) is 6.18 Å². The largest absolute Gasteiger partial charge is 0.416 e. The molecule has 3 nitrogen and oxygen atoms in total. The van der Waals surface area contributed by atoms with Crippen LogP contribution in [0.4, 0.5) is 30.2 Å². The first-order valence-electron chi connectivity index (χ1n) is 5.64. The van der Waals surface area contributed by atoms with Crippen LogP contribution in [0.3, 0.4) is 0 Å². The molecule has 0 atom stereocenters. The number of nitrogens with zero attached hydrogens (tertiary/aromatic N) is 1. The summed E-state index contributed by atoms with van der Waals surface area (Å²) in [7, 11) is 0. The number of nitrogens with one attached hydrogen (secondary N) is 2. The van der Waals surface area contributed by atoms with Gasteiger partial charge in [-0.15, -0.1) is 5.53 Å². The minimum Gasteiger partial charge on any atom is -0.301 e. The second kappa shape index (κ2) is 4.17. The predicted octanol–water partition coefficient (Wildman–Crippen LogP) is 3.69. The van der Waals surface area contributed by atoms with Crippen LogP contribution in [0, 0.1) is 0 Å². The van der Waals surface area contributed by atoms with Crippen molar-refractivity contribution in [3.63, 3.8) is 0 Å². The second-order valence-electron chi connectivity index (χ2n) is 4.14. The molecule has 1 aliphatic heterocycles. The zero-order chi connectivity index (χ0) is 13.5. The van der Waals surface area contributed by atoms with Crippen LogP contribution in [0.1, 0.15) is 5.56 Å². The van der Waals surface area contributed by atoms with Crippen LogP contribution in [0.2, 0.25) is 0 Å². The van der Waals surface area contributed by atoms with Gasteiger partial charge < -0.3 is 5.43 Å². The molecule has 1 heterocycles. The van der Waals surface area contributed by atoms with Crippen molar-refractivity contribution in [2.75, 3.05) is 10.4 Å². The minimum atomic E-state index is -4.34. The standard InChI is InChI=1S/C13H10F3N3/c14-13(15,16)9-6-7-12-11(8-9)17-18-19(12)10-4-2-1-3-5-10/h1-8,17-18H. The van der Waals surface area contributed by atoms with Gasteiger partial charge >= 0.3 is 6.18 Å². The molecule has 0 bridgehead atoms.